The van der Waals surface area contributed by atoms with E-state index in [0.29, 0.717) is 17.8 Å². The second-order valence-corrected chi connectivity index (χ2v) is 16.7. The van der Waals surface area contributed by atoms with E-state index in [1.807, 2.05) is 73.0 Å². The van der Waals surface area contributed by atoms with Gasteiger partial charge in [0, 0.05) is 30.0 Å². The number of aromatic amines is 2. The third kappa shape index (κ3) is 9.25. The fourth-order valence-electron chi connectivity index (χ4n) is 8.48. The Kier molecular flexibility index (Phi) is 15.2. The van der Waals surface area contributed by atoms with E-state index in [4.69, 9.17) is 9.72 Å². The van der Waals surface area contributed by atoms with Crippen LogP contribution in [-0.2, 0) is 14.3 Å². The Morgan fingerprint density at radius 1 is 0.847 bits per heavy atom. The van der Waals surface area contributed by atoms with Gasteiger partial charge in [-0.25, -0.2) is 19.2 Å². The van der Waals surface area contributed by atoms with Gasteiger partial charge < -0.3 is 29.8 Å². The van der Waals surface area contributed by atoms with Gasteiger partial charge in [0.25, 0.3) is 0 Å². The Bertz CT molecular complexity index is 2310. The van der Waals surface area contributed by atoms with Crippen LogP contribution in [-0.4, -0.2) is 73.9 Å². The standard InChI is InChI=1S/C43H50FN7O4.4H2S/c1-23(2)25(5)40(52)50-15-7-8-35(50)38-45-21-34(48-38)28-10-9-27-16-29(18-31(44)30(27)17-28)26-11-12-32-33(19-26)47-39(46-32)36-20-43(13-14-43)22-51(36)41(53)37(24(3)4)49-42(54)55-6;;;;/h9-12,16-19,21,23-25,35-37H,7-8,13-15,20,22H2,1-6H3,(H,45,48)(H,46,47)(H,49,54);4*1H2/t25-,35-,36-,37-;;;;/m0..../s1. The number of hydrogen-bond donors (Lipinski definition) is 3. The van der Waals surface area contributed by atoms with Crippen molar-refractivity contribution in [3.8, 4) is 22.4 Å². The highest BCUT2D eigenvalue weighted by Gasteiger charge is 2.55. The van der Waals surface area contributed by atoms with Crippen LogP contribution in [0, 0.1) is 29.0 Å². The summed E-state index contributed by atoms with van der Waals surface area (Å²) in [5, 5.41) is 4.01. The number of nitrogens with one attached hydrogen (secondary N) is 3. The summed E-state index contributed by atoms with van der Waals surface area (Å²) in [6, 6.07) is 14.1. The molecule has 1 saturated carbocycles. The Morgan fingerprint density at radius 3 is 2.25 bits per heavy atom. The number of halogens is 1. The molecule has 3 N–H and O–H groups in total. The van der Waals surface area contributed by atoms with Crippen molar-refractivity contribution in [3.63, 3.8) is 0 Å². The van der Waals surface area contributed by atoms with E-state index >= 15 is 4.39 Å². The third-order valence-corrected chi connectivity index (χ3v) is 12.3. The molecule has 2 saturated heterocycles. The molecule has 0 radical (unpaired) electrons. The number of amides is 3. The van der Waals surface area contributed by atoms with Crippen LogP contribution in [0.2, 0.25) is 0 Å². The zero-order chi connectivity index (χ0) is 38.8. The van der Waals surface area contributed by atoms with Gasteiger partial charge in [0.05, 0.1) is 42.1 Å². The molecule has 3 aromatic carbocycles. The van der Waals surface area contributed by atoms with Crippen molar-refractivity contribution in [1.82, 2.24) is 35.1 Å². The van der Waals surface area contributed by atoms with E-state index in [9.17, 15) is 14.4 Å². The lowest BCUT2D eigenvalue weighted by atomic mass is 9.96. The molecular weight excluding hydrogens is 826 g/mol. The molecule has 3 fully saturated rings. The first-order valence-corrected chi connectivity index (χ1v) is 19.6. The zero-order valence-electron chi connectivity index (χ0n) is 34.4. The Balaban J connectivity index is 0.00000192. The van der Waals surface area contributed by atoms with Gasteiger partial charge in [0.2, 0.25) is 11.8 Å². The van der Waals surface area contributed by atoms with Crippen molar-refractivity contribution < 1.29 is 23.5 Å². The summed E-state index contributed by atoms with van der Waals surface area (Å²) in [7, 11) is 1.29. The highest BCUT2D eigenvalue weighted by Crippen LogP contribution is 2.58. The minimum Gasteiger partial charge on any atom is -0.453 e. The van der Waals surface area contributed by atoms with Crippen LogP contribution >= 0.6 is 54.0 Å². The summed E-state index contributed by atoms with van der Waals surface area (Å²) < 4.78 is 20.8. The highest BCUT2D eigenvalue weighted by molar-refractivity contribution is 7.59. The third-order valence-electron chi connectivity index (χ3n) is 12.3. The number of likely N-dealkylation sites (tertiary alicyclic amines) is 2. The number of hydrogen-bond acceptors (Lipinski definition) is 6. The van der Waals surface area contributed by atoms with E-state index in [0.717, 1.165) is 83.3 Å². The quantitative estimate of drug-likeness (QED) is 0.136. The van der Waals surface area contributed by atoms with Crippen LogP contribution in [0.15, 0.2) is 54.7 Å². The number of imidazole rings is 2. The Labute approximate surface area is 373 Å². The van der Waals surface area contributed by atoms with E-state index in [-0.39, 0.29) is 107 Å². The molecule has 1 spiro atoms. The van der Waals surface area contributed by atoms with Crippen molar-refractivity contribution in [2.75, 3.05) is 20.2 Å². The lowest BCUT2D eigenvalue weighted by Crippen LogP contribution is -2.51. The predicted molar refractivity (Wildman–Crippen MR) is 251 cm³/mol. The lowest BCUT2D eigenvalue weighted by molar-refractivity contribution is -0.137. The summed E-state index contributed by atoms with van der Waals surface area (Å²) in [4.78, 5) is 59.6. The average molecular weight is 884 g/mol. The first-order valence-electron chi connectivity index (χ1n) is 19.6. The van der Waals surface area contributed by atoms with Gasteiger partial charge >= 0.3 is 6.09 Å². The fourth-order valence-corrected chi connectivity index (χ4v) is 8.48. The molecule has 3 aliphatic rings. The van der Waals surface area contributed by atoms with Crippen LogP contribution in [0.25, 0.3) is 44.2 Å². The SMILES string of the molecule is COC(=O)N[C@H](C(=O)N1CC2(CC2)C[C@H]1c1nc2ccc(-c3cc(F)c4cc(-c5cnc([C@@H]6CCCN6C(=O)[C@@H](C)C(C)C)[nH]5)ccc4c3)cc2[nH]1)C(C)C.S.S.S.S. The molecule has 4 heterocycles. The van der Waals surface area contributed by atoms with Gasteiger partial charge in [-0.05, 0) is 96.2 Å². The Hall–Kier alpha value is -3.86. The maximum absolute atomic E-state index is 15.9. The molecule has 2 aromatic heterocycles. The first kappa shape index (κ1) is 47.8. The molecule has 2 aliphatic heterocycles. The second-order valence-electron chi connectivity index (χ2n) is 16.7. The minimum absolute atomic E-state index is 0. The molecule has 0 unspecified atom stereocenters. The maximum atomic E-state index is 15.9. The number of methoxy groups -OCH3 is 1. The lowest BCUT2D eigenvalue weighted by Gasteiger charge is -2.30. The van der Waals surface area contributed by atoms with Crippen LogP contribution in [0.5, 0.6) is 0 Å². The molecule has 5 aromatic rings. The fraction of sp³-hybridized carbons (Fsp3) is 0.465. The van der Waals surface area contributed by atoms with Crippen molar-refractivity contribution in [1.29, 1.82) is 0 Å². The summed E-state index contributed by atoms with van der Waals surface area (Å²) in [6.45, 7) is 11.3. The second kappa shape index (κ2) is 18.8. The van der Waals surface area contributed by atoms with Crippen LogP contribution in [0.4, 0.5) is 9.18 Å². The smallest absolute Gasteiger partial charge is 0.407 e. The molecule has 16 heteroatoms. The monoisotopic (exact) mass is 883 g/mol. The molecule has 3 amide bonds. The zero-order valence-corrected chi connectivity index (χ0v) is 38.4. The molecule has 59 heavy (non-hydrogen) atoms. The molecule has 8 rings (SSSR count). The average Bonchev–Trinajstić information content (AvgIpc) is 3.66. The van der Waals surface area contributed by atoms with E-state index in [1.165, 1.54) is 7.11 Å². The van der Waals surface area contributed by atoms with Gasteiger partial charge in [0.1, 0.15) is 23.5 Å². The van der Waals surface area contributed by atoms with Crippen LogP contribution in [0.3, 0.4) is 0 Å². The number of alkyl carbamates (subject to hydrolysis) is 1. The first-order chi connectivity index (χ1) is 26.3. The largest absolute Gasteiger partial charge is 0.453 e. The number of nitrogens with zero attached hydrogens (tertiary/aromatic N) is 4. The van der Waals surface area contributed by atoms with Crippen molar-refractivity contribution >= 4 is 93.7 Å². The maximum Gasteiger partial charge on any atom is 0.407 e. The van der Waals surface area contributed by atoms with Crippen molar-refractivity contribution in [2.45, 2.75) is 84.8 Å². The van der Waals surface area contributed by atoms with Gasteiger partial charge in [-0.15, -0.1) is 0 Å². The molecule has 0 bridgehead atoms. The summed E-state index contributed by atoms with van der Waals surface area (Å²) in [6.07, 6.45) is 5.87. The van der Waals surface area contributed by atoms with E-state index in [1.54, 1.807) is 12.3 Å². The van der Waals surface area contributed by atoms with Crippen LogP contribution in [0.1, 0.15) is 90.5 Å². The molecule has 320 valence electrons. The molecule has 4 atom stereocenters. The molecule has 1 aliphatic carbocycles. The number of ether oxygens (including phenoxy) is 1. The summed E-state index contributed by atoms with van der Waals surface area (Å²) in [5.41, 5.74) is 4.84. The minimum atomic E-state index is -0.714. The van der Waals surface area contributed by atoms with Crippen LogP contribution < -0.4 is 5.32 Å². The van der Waals surface area contributed by atoms with Gasteiger partial charge in [0.15, 0.2) is 0 Å². The number of aromatic nitrogens is 4. The molecule has 11 nitrogen and oxygen atoms in total. The van der Waals surface area contributed by atoms with E-state index in [2.05, 4.69) is 34.1 Å². The highest BCUT2D eigenvalue weighted by atomic mass is 32.1. The predicted octanol–water partition coefficient (Wildman–Crippen LogP) is 8.75. The summed E-state index contributed by atoms with van der Waals surface area (Å²) in [5.74, 6) is 1.25. The number of carbonyl (C=O) groups excluding carboxylic acids is 3. The number of benzene rings is 3. The Morgan fingerprint density at radius 2 is 1.58 bits per heavy atom. The van der Waals surface area contributed by atoms with Crippen molar-refractivity contribution in [2.24, 2.45) is 23.2 Å². The number of rotatable bonds is 9. The number of fused-ring (bicyclic) bond motifs is 2. The van der Waals surface area contributed by atoms with Gasteiger partial charge in [-0.2, -0.15) is 54.0 Å². The van der Waals surface area contributed by atoms with Crippen molar-refractivity contribution in [3.05, 3.63) is 72.2 Å². The molecular formula is C43H58FN7O4S4. The van der Waals surface area contributed by atoms with E-state index < -0.39 is 12.1 Å². The van der Waals surface area contributed by atoms with Gasteiger partial charge in [-0.3, -0.25) is 9.59 Å². The number of carbonyl (C=O) groups is 3. The number of H-pyrrole nitrogens is 2. The normalized spacial score (nSPS) is 18.9. The summed E-state index contributed by atoms with van der Waals surface area (Å²) >= 11 is 0. The topological polar surface area (TPSA) is 136 Å². The van der Waals surface area contributed by atoms with Gasteiger partial charge in [-0.1, -0.05) is 52.8 Å².